The summed E-state index contributed by atoms with van der Waals surface area (Å²) >= 11 is 0. The number of carbonyl (C=O) groups excluding carboxylic acids is 1. The molecule has 0 radical (unpaired) electrons. The number of hydrogen-bond acceptors (Lipinski definition) is 3. The van der Waals surface area contributed by atoms with Gasteiger partial charge in [0.15, 0.2) is 0 Å². The van der Waals surface area contributed by atoms with Crippen molar-refractivity contribution < 1.29 is 9.90 Å². The molecule has 0 aliphatic rings. The summed E-state index contributed by atoms with van der Waals surface area (Å²) in [5, 5.41) is 15.3. The predicted molar refractivity (Wildman–Crippen MR) is 75.5 cm³/mol. The molecule has 0 saturated heterocycles. The molecule has 2 unspecified atom stereocenters. The molecular weight excluding hydrogens is 228 g/mol. The molecule has 0 saturated carbocycles. The van der Waals surface area contributed by atoms with Gasteiger partial charge >= 0.3 is 0 Å². The molecule has 18 heavy (non-hydrogen) atoms. The van der Waals surface area contributed by atoms with E-state index in [1.165, 1.54) is 0 Å². The van der Waals surface area contributed by atoms with Gasteiger partial charge in [0.05, 0.1) is 6.04 Å². The van der Waals surface area contributed by atoms with E-state index in [0.29, 0.717) is 6.42 Å². The molecule has 108 valence electrons. The Kier molecular flexibility index (Phi) is 9.02. The molecule has 0 heterocycles. The van der Waals surface area contributed by atoms with Crippen LogP contribution >= 0.6 is 0 Å². The molecule has 0 aliphatic carbocycles. The van der Waals surface area contributed by atoms with E-state index in [-0.39, 0.29) is 24.1 Å². The molecule has 0 bridgehead atoms. The largest absolute Gasteiger partial charge is 0.396 e. The Hall–Kier alpha value is -0.610. The van der Waals surface area contributed by atoms with Crippen molar-refractivity contribution in [3.63, 3.8) is 0 Å². The molecule has 0 fully saturated rings. The van der Waals surface area contributed by atoms with E-state index in [4.69, 9.17) is 5.11 Å². The highest BCUT2D eigenvalue weighted by Gasteiger charge is 2.25. The highest BCUT2D eigenvalue weighted by molar-refractivity contribution is 5.81. The zero-order valence-electron chi connectivity index (χ0n) is 12.4. The summed E-state index contributed by atoms with van der Waals surface area (Å²) < 4.78 is 0. The monoisotopic (exact) mass is 258 g/mol. The Bertz CT molecular complexity index is 234. The summed E-state index contributed by atoms with van der Waals surface area (Å²) in [5.74, 6) is 0.0451. The Balaban J connectivity index is 4.05. The van der Waals surface area contributed by atoms with Crippen LogP contribution in [-0.4, -0.2) is 35.7 Å². The minimum absolute atomic E-state index is 0.0451. The van der Waals surface area contributed by atoms with E-state index in [0.717, 1.165) is 32.2 Å². The first kappa shape index (κ1) is 17.4. The predicted octanol–water partition coefficient (Wildman–Crippen LogP) is 1.82. The maximum atomic E-state index is 11.9. The lowest BCUT2D eigenvalue weighted by Gasteiger charge is -2.32. The second-order valence-electron chi connectivity index (χ2n) is 5.25. The lowest BCUT2D eigenvalue weighted by Crippen LogP contribution is -2.53. The van der Waals surface area contributed by atoms with Crippen LogP contribution in [0.5, 0.6) is 0 Å². The van der Waals surface area contributed by atoms with Crippen molar-refractivity contribution in [2.75, 3.05) is 13.2 Å². The Morgan fingerprint density at radius 3 is 2.50 bits per heavy atom. The molecule has 0 spiro atoms. The molecular formula is C14H30N2O2. The smallest absolute Gasteiger partial charge is 0.236 e. The van der Waals surface area contributed by atoms with Crippen molar-refractivity contribution in [2.45, 2.75) is 71.4 Å². The fraction of sp³-hybridized carbons (Fsp3) is 0.929. The van der Waals surface area contributed by atoms with Gasteiger partial charge in [-0.2, -0.15) is 0 Å². The van der Waals surface area contributed by atoms with Gasteiger partial charge in [-0.3, -0.25) is 4.79 Å². The number of carbonyl (C=O) groups is 1. The molecule has 0 aliphatic heterocycles. The zero-order valence-corrected chi connectivity index (χ0v) is 12.4. The van der Waals surface area contributed by atoms with E-state index in [2.05, 4.69) is 24.5 Å². The summed E-state index contributed by atoms with van der Waals surface area (Å²) in [6, 6.07) is -0.219. The number of rotatable bonds is 10. The number of aliphatic hydroxyl groups excluding tert-OH is 1. The highest BCUT2D eigenvalue weighted by atomic mass is 16.3. The number of unbranched alkanes of at least 4 members (excludes halogenated alkanes) is 2. The van der Waals surface area contributed by atoms with Gasteiger partial charge in [0, 0.05) is 18.7 Å². The first-order valence-electron chi connectivity index (χ1n) is 7.15. The van der Waals surface area contributed by atoms with Crippen LogP contribution in [0.4, 0.5) is 0 Å². The van der Waals surface area contributed by atoms with Crippen LogP contribution in [0.25, 0.3) is 0 Å². The summed E-state index contributed by atoms with van der Waals surface area (Å²) in [5.41, 5.74) is -0.172. The van der Waals surface area contributed by atoms with E-state index >= 15 is 0 Å². The van der Waals surface area contributed by atoms with Crippen molar-refractivity contribution in [1.29, 1.82) is 0 Å². The molecule has 0 aromatic rings. The lowest BCUT2D eigenvalue weighted by molar-refractivity contribution is -0.123. The molecule has 2 atom stereocenters. The van der Waals surface area contributed by atoms with Gasteiger partial charge in [0.1, 0.15) is 0 Å². The van der Waals surface area contributed by atoms with Gasteiger partial charge in [-0.15, -0.1) is 0 Å². The van der Waals surface area contributed by atoms with E-state index in [9.17, 15) is 4.79 Å². The van der Waals surface area contributed by atoms with Gasteiger partial charge in [-0.25, -0.2) is 0 Å². The minimum atomic E-state index is -0.219. The van der Waals surface area contributed by atoms with E-state index in [1.54, 1.807) is 0 Å². The Labute approximate surface area is 112 Å². The fourth-order valence-electron chi connectivity index (χ4n) is 1.93. The van der Waals surface area contributed by atoms with Crippen molar-refractivity contribution in [3.05, 3.63) is 0 Å². The zero-order chi connectivity index (χ0) is 14.0. The minimum Gasteiger partial charge on any atom is -0.396 e. The van der Waals surface area contributed by atoms with Crippen LogP contribution < -0.4 is 10.6 Å². The van der Waals surface area contributed by atoms with Crippen LogP contribution in [0.3, 0.4) is 0 Å². The quantitative estimate of drug-likeness (QED) is 0.524. The third-order valence-corrected chi connectivity index (χ3v) is 3.48. The average molecular weight is 258 g/mol. The van der Waals surface area contributed by atoms with Crippen molar-refractivity contribution in [2.24, 2.45) is 0 Å². The molecule has 4 heteroatoms. The summed E-state index contributed by atoms with van der Waals surface area (Å²) in [7, 11) is 0. The standard InChI is InChI=1S/C14H30N2O2/c1-5-7-8-10-15-13(18)12(3)16-14(4,6-2)9-11-17/h12,16-17H,5-11H2,1-4H3,(H,15,18). The number of nitrogens with one attached hydrogen (secondary N) is 2. The third-order valence-electron chi connectivity index (χ3n) is 3.48. The van der Waals surface area contributed by atoms with Gasteiger partial charge in [0.2, 0.25) is 5.91 Å². The average Bonchev–Trinajstić information content (AvgIpc) is 2.34. The number of aliphatic hydroxyl groups is 1. The SMILES string of the molecule is CCCCCNC(=O)C(C)NC(C)(CC)CCO. The third kappa shape index (κ3) is 6.97. The first-order valence-corrected chi connectivity index (χ1v) is 7.15. The molecule has 0 aromatic carbocycles. The van der Waals surface area contributed by atoms with Crippen LogP contribution in [0.1, 0.15) is 59.8 Å². The van der Waals surface area contributed by atoms with Crippen molar-refractivity contribution in [3.8, 4) is 0 Å². The van der Waals surface area contributed by atoms with E-state index in [1.807, 2.05) is 13.8 Å². The van der Waals surface area contributed by atoms with Gasteiger partial charge in [-0.1, -0.05) is 26.7 Å². The topological polar surface area (TPSA) is 61.4 Å². The molecule has 1 amide bonds. The molecule has 3 N–H and O–H groups in total. The van der Waals surface area contributed by atoms with Crippen LogP contribution in [0, 0.1) is 0 Å². The number of amides is 1. The Morgan fingerprint density at radius 2 is 2.00 bits per heavy atom. The van der Waals surface area contributed by atoms with Crippen LogP contribution in [0.2, 0.25) is 0 Å². The second kappa shape index (κ2) is 9.34. The van der Waals surface area contributed by atoms with E-state index < -0.39 is 0 Å². The van der Waals surface area contributed by atoms with Gasteiger partial charge < -0.3 is 15.7 Å². The van der Waals surface area contributed by atoms with Gasteiger partial charge in [-0.05, 0) is 33.1 Å². The molecule has 4 nitrogen and oxygen atoms in total. The highest BCUT2D eigenvalue weighted by Crippen LogP contribution is 2.14. The maximum Gasteiger partial charge on any atom is 0.236 e. The fourth-order valence-corrected chi connectivity index (χ4v) is 1.93. The molecule has 0 rings (SSSR count). The maximum absolute atomic E-state index is 11.9. The lowest BCUT2D eigenvalue weighted by atomic mass is 9.94. The van der Waals surface area contributed by atoms with Crippen molar-refractivity contribution in [1.82, 2.24) is 10.6 Å². The molecule has 0 aromatic heterocycles. The Morgan fingerprint density at radius 1 is 1.33 bits per heavy atom. The number of hydrogen-bond donors (Lipinski definition) is 3. The summed E-state index contributed by atoms with van der Waals surface area (Å²) in [6.45, 7) is 9.02. The summed E-state index contributed by atoms with van der Waals surface area (Å²) in [6.07, 6.45) is 4.90. The first-order chi connectivity index (χ1) is 8.49. The van der Waals surface area contributed by atoms with Crippen LogP contribution in [0.15, 0.2) is 0 Å². The van der Waals surface area contributed by atoms with Gasteiger partial charge in [0.25, 0.3) is 0 Å². The van der Waals surface area contributed by atoms with Crippen LogP contribution in [-0.2, 0) is 4.79 Å². The summed E-state index contributed by atoms with van der Waals surface area (Å²) in [4.78, 5) is 11.9. The van der Waals surface area contributed by atoms with Crippen molar-refractivity contribution >= 4 is 5.91 Å². The normalized spacial score (nSPS) is 16.1. The second-order valence-corrected chi connectivity index (χ2v) is 5.25.